The first kappa shape index (κ1) is 18.7. The van der Waals surface area contributed by atoms with Crippen LogP contribution in [0.1, 0.15) is 11.6 Å². The molecule has 2 N–H and O–H groups in total. The summed E-state index contributed by atoms with van der Waals surface area (Å²) in [7, 11) is 0. The number of nitrogens with zero attached hydrogens (tertiary/aromatic N) is 3. The SMILES string of the molecule is O=C1NC(=O)C2(C(=O)N1)C(Br)=NN(c1ccccc1)C2c1ccc([N+](=O)[O-])cc1. The van der Waals surface area contributed by atoms with Crippen LogP contribution in [0.5, 0.6) is 0 Å². The Bertz CT molecular complexity index is 1050. The lowest BCUT2D eigenvalue weighted by Crippen LogP contribution is -2.66. The number of barbiturate groups is 1. The van der Waals surface area contributed by atoms with Crippen molar-refractivity contribution in [3.63, 3.8) is 0 Å². The van der Waals surface area contributed by atoms with E-state index in [2.05, 4.69) is 31.7 Å². The summed E-state index contributed by atoms with van der Waals surface area (Å²) < 4.78 is 0.0136. The van der Waals surface area contributed by atoms with Gasteiger partial charge in [-0.05, 0) is 45.8 Å². The molecule has 11 heteroatoms. The van der Waals surface area contributed by atoms with E-state index in [0.717, 1.165) is 0 Å². The number of hydrogen-bond donors (Lipinski definition) is 2. The number of imide groups is 2. The van der Waals surface area contributed by atoms with Gasteiger partial charge in [-0.3, -0.25) is 35.3 Å². The van der Waals surface area contributed by atoms with E-state index in [-0.39, 0.29) is 10.3 Å². The molecule has 1 atom stereocenters. The number of nitrogens with one attached hydrogen (secondary N) is 2. The third-order valence-corrected chi connectivity index (χ3v) is 5.57. The van der Waals surface area contributed by atoms with Gasteiger partial charge in [0.25, 0.3) is 17.5 Å². The maximum Gasteiger partial charge on any atom is 0.328 e. The van der Waals surface area contributed by atoms with E-state index in [1.54, 1.807) is 30.3 Å². The van der Waals surface area contributed by atoms with Crippen LogP contribution in [0.15, 0.2) is 59.7 Å². The molecule has 2 aromatic carbocycles. The van der Waals surface area contributed by atoms with Crippen LogP contribution in [-0.4, -0.2) is 27.4 Å². The Labute approximate surface area is 171 Å². The number of hydrazone groups is 1. The van der Waals surface area contributed by atoms with Crippen LogP contribution < -0.4 is 15.6 Å². The van der Waals surface area contributed by atoms with Crippen molar-refractivity contribution in [3.05, 3.63) is 70.3 Å². The summed E-state index contributed by atoms with van der Waals surface area (Å²) in [5.74, 6) is -1.69. The van der Waals surface area contributed by atoms with Gasteiger partial charge in [0, 0.05) is 12.1 Å². The van der Waals surface area contributed by atoms with Crippen molar-refractivity contribution in [2.45, 2.75) is 6.04 Å². The molecule has 2 heterocycles. The lowest BCUT2D eigenvalue weighted by molar-refractivity contribution is -0.384. The average Bonchev–Trinajstić information content (AvgIpc) is 3.01. The second-order valence-corrected chi connectivity index (χ2v) is 7.12. The molecule has 1 saturated heterocycles. The van der Waals surface area contributed by atoms with Crippen LogP contribution >= 0.6 is 15.9 Å². The van der Waals surface area contributed by atoms with Crippen molar-refractivity contribution < 1.29 is 19.3 Å². The Kier molecular flexibility index (Phi) is 4.38. The van der Waals surface area contributed by atoms with E-state index in [9.17, 15) is 24.5 Å². The van der Waals surface area contributed by atoms with Gasteiger partial charge in [-0.1, -0.05) is 18.2 Å². The number of para-hydroxylation sites is 1. The predicted octanol–water partition coefficient (Wildman–Crippen LogP) is 2.22. The average molecular weight is 458 g/mol. The second kappa shape index (κ2) is 6.78. The number of rotatable bonds is 3. The normalized spacial score (nSPS) is 20.3. The summed E-state index contributed by atoms with van der Waals surface area (Å²) in [4.78, 5) is 48.0. The number of urea groups is 1. The molecule has 0 radical (unpaired) electrons. The number of hydrogen-bond acceptors (Lipinski definition) is 7. The zero-order chi connectivity index (χ0) is 20.8. The number of non-ortho nitro benzene ring substituents is 1. The van der Waals surface area contributed by atoms with Crippen LogP contribution in [0.3, 0.4) is 0 Å². The lowest BCUT2D eigenvalue weighted by Gasteiger charge is -2.37. The molecule has 29 heavy (non-hydrogen) atoms. The Morgan fingerprint density at radius 3 is 2.14 bits per heavy atom. The van der Waals surface area contributed by atoms with Gasteiger partial charge in [-0.15, -0.1) is 0 Å². The summed E-state index contributed by atoms with van der Waals surface area (Å²) >= 11 is 3.24. The first-order valence-electron chi connectivity index (χ1n) is 8.35. The molecule has 1 spiro atoms. The van der Waals surface area contributed by atoms with Gasteiger partial charge in [0.2, 0.25) is 5.41 Å². The molecule has 4 amide bonds. The summed E-state index contributed by atoms with van der Waals surface area (Å²) in [5, 5.41) is 21.1. The van der Waals surface area contributed by atoms with Gasteiger partial charge < -0.3 is 0 Å². The van der Waals surface area contributed by atoms with Gasteiger partial charge in [0.1, 0.15) is 10.7 Å². The number of amides is 4. The fourth-order valence-electron chi connectivity index (χ4n) is 3.46. The highest BCUT2D eigenvalue weighted by molar-refractivity contribution is 9.18. The Balaban J connectivity index is 1.91. The molecule has 1 unspecified atom stereocenters. The van der Waals surface area contributed by atoms with Crippen molar-refractivity contribution >= 4 is 49.8 Å². The van der Waals surface area contributed by atoms with Crippen molar-refractivity contribution in [1.29, 1.82) is 0 Å². The van der Waals surface area contributed by atoms with Crippen molar-refractivity contribution in [3.8, 4) is 0 Å². The Hall–Kier alpha value is -3.60. The number of carbonyl (C=O) groups is 3. The maximum atomic E-state index is 12.9. The molecule has 2 aliphatic heterocycles. The molecule has 146 valence electrons. The maximum absolute atomic E-state index is 12.9. The highest BCUT2D eigenvalue weighted by atomic mass is 79.9. The van der Waals surface area contributed by atoms with E-state index in [1.165, 1.54) is 29.3 Å². The molecule has 4 rings (SSSR count). The van der Waals surface area contributed by atoms with E-state index in [0.29, 0.717) is 11.3 Å². The van der Waals surface area contributed by atoms with Crippen LogP contribution in [-0.2, 0) is 9.59 Å². The largest absolute Gasteiger partial charge is 0.328 e. The van der Waals surface area contributed by atoms with Crippen LogP contribution in [0.25, 0.3) is 0 Å². The van der Waals surface area contributed by atoms with Gasteiger partial charge in [-0.2, -0.15) is 5.10 Å². The molecule has 2 aliphatic rings. The Morgan fingerprint density at radius 1 is 1.00 bits per heavy atom. The van der Waals surface area contributed by atoms with Crippen LogP contribution in [0.4, 0.5) is 16.2 Å². The summed E-state index contributed by atoms with van der Waals surface area (Å²) in [5.41, 5.74) is -1.01. The minimum absolute atomic E-state index is 0.0136. The number of benzene rings is 2. The third kappa shape index (κ3) is 2.78. The van der Waals surface area contributed by atoms with Gasteiger partial charge in [-0.25, -0.2) is 4.79 Å². The van der Waals surface area contributed by atoms with E-state index in [1.807, 2.05) is 0 Å². The number of halogens is 1. The van der Waals surface area contributed by atoms with Crippen molar-refractivity contribution in [2.75, 3.05) is 5.01 Å². The minimum atomic E-state index is -1.89. The van der Waals surface area contributed by atoms with Crippen LogP contribution in [0.2, 0.25) is 0 Å². The number of carbonyl (C=O) groups excluding carboxylic acids is 3. The first-order valence-corrected chi connectivity index (χ1v) is 9.15. The molecule has 0 saturated carbocycles. The number of nitro benzene ring substituents is 1. The monoisotopic (exact) mass is 457 g/mol. The second-order valence-electron chi connectivity index (χ2n) is 6.37. The molecule has 10 nitrogen and oxygen atoms in total. The molecule has 0 bridgehead atoms. The predicted molar refractivity (Wildman–Crippen MR) is 105 cm³/mol. The molecule has 0 aromatic heterocycles. The lowest BCUT2D eigenvalue weighted by atomic mass is 9.75. The summed E-state index contributed by atoms with van der Waals surface area (Å²) in [6.07, 6.45) is 0. The zero-order valence-corrected chi connectivity index (χ0v) is 16.1. The number of nitro groups is 1. The highest BCUT2D eigenvalue weighted by Gasteiger charge is 2.64. The van der Waals surface area contributed by atoms with E-state index >= 15 is 0 Å². The smallest absolute Gasteiger partial charge is 0.276 e. The van der Waals surface area contributed by atoms with E-state index in [4.69, 9.17) is 0 Å². The highest BCUT2D eigenvalue weighted by Crippen LogP contribution is 2.50. The Morgan fingerprint density at radius 2 is 1.59 bits per heavy atom. The van der Waals surface area contributed by atoms with Gasteiger partial charge >= 0.3 is 6.03 Å². The molecular formula is C18H12BrN5O5. The summed E-state index contributed by atoms with van der Waals surface area (Å²) in [6.45, 7) is 0. The first-order chi connectivity index (χ1) is 13.9. The summed E-state index contributed by atoms with van der Waals surface area (Å²) in [6, 6.07) is 12.4. The third-order valence-electron chi connectivity index (χ3n) is 4.79. The van der Waals surface area contributed by atoms with Crippen LogP contribution in [0, 0.1) is 15.5 Å². The van der Waals surface area contributed by atoms with Gasteiger partial charge in [0.15, 0.2) is 0 Å². The minimum Gasteiger partial charge on any atom is -0.276 e. The molecule has 0 aliphatic carbocycles. The van der Waals surface area contributed by atoms with Crippen molar-refractivity contribution in [1.82, 2.24) is 10.6 Å². The molecule has 2 aromatic rings. The topological polar surface area (TPSA) is 134 Å². The zero-order valence-electron chi connectivity index (χ0n) is 14.5. The van der Waals surface area contributed by atoms with Crippen molar-refractivity contribution in [2.24, 2.45) is 10.5 Å². The molecule has 1 fully saturated rings. The van der Waals surface area contributed by atoms with Gasteiger partial charge in [0.05, 0.1) is 10.6 Å². The fraction of sp³-hybridized carbons (Fsp3) is 0.111. The standard InChI is InChI=1S/C18H12BrN5O5/c19-14-18(15(25)20-17(27)21-16(18)26)13(10-6-8-12(9-7-10)24(28)29)23(22-14)11-4-2-1-3-5-11/h1-9,13H,(H2,20,21,25,26,27). The number of anilines is 1. The fourth-order valence-corrected chi connectivity index (χ4v) is 4.21. The van der Waals surface area contributed by atoms with E-state index < -0.39 is 34.2 Å². The molecular weight excluding hydrogens is 446 g/mol. The quantitative estimate of drug-likeness (QED) is 0.412.